The lowest BCUT2D eigenvalue weighted by molar-refractivity contribution is 0.878. The lowest BCUT2D eigenvalue weighted by Gasteiger charge is -2.02. The van der Waals surface area contributed by atoms with E-state index in [9.17, 15) is 0 Å². The van der Waals surface area contributed by atoms with Gasteiger partial charge in [-0.05, 0) is 18.6 Å². The topological polar surface area (TPSA) is 22.2 Å². The molecule has 2 aromatic rings. The van der Waals surface area contributed by atoms with E-state index in [2.05, 4.69) is 20.5 Å². The molecule has 0 N–H and O–H groups in total. The van der Waals surface area contributed by atoms with Gasteiger partial charge in [0.25, 0.3) is 0 Å². The number of hydrogen-bond donors (Lipinski definition) is 0. The van der Waals surface area contributed by atoms with Gasteiger partial charge < -0.3 is 9.41 Å². The number of aromatic nitrogens is 2. The second-order valence-corrected chi connectivity index (χ2v) is 3.63. The molecule has 15 heavy (non-hydrogen) atoms. The molecule has 1 aromatic heterocycles. The quantitative estimate of drug-likeness (QED) is 0.680. The fraction of sp³-hybridized carbons (Fsp3) is 0.333. The van der Waals surface area contributed by atoms with Crippen molar-refractivity contribution >= 4 is 11.0 Å². The summed E-state index contributed by atoms with van der Waals surface area (Å²) in [5.74, 6) is 1.01. The van der Waals surface area contributed by atoms with E-state index >= 15 is 0 Å². The van der Waals surface area contributed by atoms with E-state index in [1.54, 1.807) is 0 Å². The molecule has 0 aliphatic rings. The fourth-order valence-corrected chi connectivity index (χ4v) is 1.84. The predicted molar refractivity (Wildman–Crippen MR) is 60.6 cm³/mol. The van der Waals surface area contributed by atoms with Gasteiger partial charge in [0.15, 0.2) is 0 Å². The maximum atomic E-state index is 6.82. The fourth-order valence-electron chi connectivity index (χ4n) is 1.84. The van der Waals surface area contributed by atoms with Gasteiger partial charge in [0.05, 0.1) is 11.0 Å². The Labute approximate surface area is 89.2 Å². The molecule has 0 fully saturated rings. The van der Waals surface area contributed by atoms with Crippen LogP contribution in [0, 0.1) is 13.5 Å². The van der Waals surface area contributed by atoms with Crippen LogP contribution in [0.3, 0.4) is 0 Å². The van der Waals surface area contributed by atoms with E-state index in [0.29, 0.717) is 6.54 Å². The van der Waals surface area contributed by atoms with Crippen LogP contribution in [0.25, 0.3) is 15.9 Å². The SMILES string of the molecule is [C-]#[N+]CCc1cccc2nc(C)n(C)c12. The molecule has 3 nitrogen and oxygen atoms in total. The molecule has 0 atom stereocenters. The van der Waals surface area contributed by atoms with Crippen LogP contribution in [0.15, 0.2) is 18.2 Å². The van der Waals surface area contributed by atoms with Crippen LogP contribution in [0.1, 0.15) is 11.4 Å². The van der Waals surface area contributed by atoms with Crippen LogP contribution in [-0.2, 0) is 13.5 Å². The summed E-state index contributed by atoms with van der Waals surface area (Å²) in [6.07, 6.45) is 0.805. The zero-order chi connectivity index (χ0) is 10.8. The van der Waals surface area contributed by atoms with E-state index in [1.165, 1.54) is 11.1 Å². The summed E-state index contributed by atoms with van der Waals surface area (Å²) >= 11 is 0. The van der Waals surface area contributed by atoms with Crippen molar-refractivity contribution < 1.29 is 0 Å². The number of hydrogen-bond acceptors (Lipinski definition) is 1. The molecule has 0 radical (unpaired) electrons. The molecular weight excluding hydrogens is 186 g/mol. The van der Waals surface area contributed by atoms with Crippen LogP contribution < -0.4 is 0 Å². The highest BCUT2D eigenvalue weighted by Crippen LogP contribution is 2.19. The van der Waals surface area contributed by atoms with E-state index in [4.69, 9.17) is 6.57 Å². The van der Waals surface area contributed by atoms with Crippen molar-refractivity contribution in [2.24, 2.45) is 7.05 Å². The molecule has 3 heteroatoms. The summed E-state index contributed by atoms with van der Waals surface area (Å²) in [6, 6.07) is 6.10. The highest BCUT2D eigenvalue weighted by Gasteiger charge is 2.08. The van der Waals surface area contributed by atoms with Gasteiger partial charge in [0.1, 0.15) is 5.82 Å². The normalized spacial score (nSPS) is 10.5. The minimum atomic E-state index is 0.545. The molecule has 0 aliphatic carbocycles. The number of para-hydroxylation sites is 1. The van der Waals surface area contributed by atoms with Crippen molar-refractivity contribution in [3.8, 4) is 0 Å². The standard InChI is InChI=1S/C12H13N3/c1-9-14-11-6-4-5-10(7-8-13-2)12(11)15(9)3/h4-6H,7-8H2,1,3H3. The highest BCUT2D eigenvalue weighted by molar-refractivity contribution is 5.79. The van der Waals surface area contributed by atoms with Gasteiger partial charge in [0, 0.05) is 13.5 Å². The first-order valence-electron chi connectivity index (χ1n) is 4.98. The Balaban J connectivity index is 2.59. The van der Waals surface area contributed by atoms with E-state index < -0.39 is 0 Å². The molecule has 1 aromatic carbocycles. The van der Waals surface area contributed by atoms with Crippen LogP contribution in [0.4, 0.5) is 0 Å². The third-order valence-electron chi connectivity index (χ3n) is 2.69. The Kier molecular flexibility index (Phi) is 2.42. The first kappa shape index (κ1) is 9.72. The van der Waals surface area contributed by atoms with Crippen molar-refractivity contribution in [2.75, 3.05) is 6.54 Å². The van der Waals surface area contributed by atoms with Gasteiger partial charge in [-0.1, -0.05) is 12.1 Å². The Morgan fingerprint density at radius 2 is 2.27 bits per heavy atom. The molecular formula is C12H13N3. The van der Waals surface area contributed by atoms with E-state index in [1.807, 2.05) is 26.1 Å². The minimum absolute atomic E-state index is 0.545. The zero-order valence-corrected chi connectivity index (χ0v) is 8.99. The van der Waals surface area contributed by atoms with Crippen LogP contribution >= 0.6 is 0 Å². The van der Waals surface area contributed by atoms with Crippen LogP contribution in [0.5, 0.6) is 0 Å². The van der Waals surface area contributed by atoms with Gasteiger partial charge in [-0.3, -0.25) is 0 Å². The summed E-state index contributed by atoms with van der Waals surface area (Å²) in [6.45, 7) is 9.37. The van der Waals surface area contributed by atoms with Gasteiger partial charge in [0.2, 0.25) is 6.54 Å². The summed E-state index contributed by atoms with van der Waals surface area (Å²) in [4.78, 5) is 7.86. The van der Waals surface area contributed by atoms with Crippen molar-refractivity contribution in [1.82, 2.24) is 9.55 Å². The maximum absolute atomic E-state index is 6.82. The number of rotatable bonds is 2. The average Bonchev–Trinajstić information content (AvgIpc) is 2.53. The number of aryl methyl sites for hydroxylation is 2. The molecule has 0 aliphatic heterocycles. The lowest BCUT2D eigenvalue weighted by atomic mass is 10.1. The Bertz CT molecular complexity index is 532. The third-order valence-corrected chi connectivity index (χ3v) is 2.69. The van der Waals surface area contributed by atoms with Crippen molar-refractivity contribution in [2.45, 2.75) is 13.3 Å². The summed E-state index contributed by atoms with van der Waals surface area (Å²) in [5, 5.41) is 0. The number of fused-ring (bicyclic) bond motifs is 1. The first-order valence-corrected chi connectivity index (χ1v) is 4.98. The van der Waals surface area contributed by atoms with Crippen molar-refractivity contribution in [1.29, 1.82) is 0 Å². The van der Waals surface area contributed by atoms with Crippen molar-refractivity contribution in [3.05, 3.63) is 41.0 Å². The molecule has 76 valence electrons. The second-order valence-electron chi connectivity index (χ2n) is 3.63. The third kappa shape index (κ3) is 1.59. The minimum Gasteiger partial charge on any atom is -0.331 e. The number of nitrogens with zero attached hydrogens (tertiary/aromatic N) is 3. The molecule has 0 bridgehead atoms. The Morgan fingerprint density at radius 1 is 1.47 bits per heavy atom. The smallest absolute Gasteiger partial charge is 0.218 e. The summed E-state index contributed by atoms with van der Waals surface area (Å²) in [5.41, 5.74) is 3.41. The maximum Gasteiger partial charge on any atom is 0.218 e. The van der Waals surface area contributed by atoms with Gasteiger partial charge in [-0.15, -0.1) is 0 Å². The highest BCUT2D eigenvalue weighted by atomic mass is 15.0. The summed E-state index contributed by atoms with van der Waals surface area (Å²) in [7, 11) is 2.02. The zero-order valence-electron chi connectivity index (χ0n) is 8.99. The van der Waals surface area contributed by atoms with Gasteiger partial charge >= 0.3 is 0 Å². The predicted octanol–water partition coefficient (Wildman–Crippen LogP) is 2.34. The van der Waals surface area contributed by atoms with Crippen LogP contribution in [-0.4, -0.2) is 16.1 Å². The molecule has 0 spiro atoms. The van der Waals surface area contributed by atoms with E-state index in [-0.39, 0.29) is 0 Å². The Morgan fingerprint density at radius 3 is 3.00 bits per heavy atom. The van der Waals surface area contributed by atoms with Crippen molar-refractivity contribution in [3.63, 3.8) is 0 Å². The first-order chi connectivity index (χ1) is 7.24. The molecule has 2 rings (SSSR count). The van der Waals surface area contributed by atoms with Gasteiger partial charge in [-0.2, -0.15) is 0 Å². The number of imidazole rings is 1. The molecule has 0 unspecified atom stereocenters. The molecule has 0 amide bonds. The average molecular weight is 199 g/mol. The molecule has 0 saturated heterocycles. The lowest BCUT2D eigenvalue weighted by Crippen LogP contribution is -1.96. The largest absolute Gasteiger partial charge is 0.331 e. The Hall–Kier alpha value is -1.82. The van der Waals surface area contributed by atoms with Gasteiger partial charge in [-0.25, -0.2) is 11.6 Å². The monoisotopic (exact) mass is 199 g/mol. The van der Waals surface area contributed by atoms with Crippen LogP contribution in [0.2, 0.25) is 0 Å². The summed E-state index contributed by atoms with van der Waals surface area (Å²) < 4.78 is 2.09. The van der Waals surface area contributed by atoms with E-state index in [0.717, 1.165) is 17.8 Å². The number of benzene rings is 1. The molecule has 1 heterocycles. The molecule has 0 saturated carbocycles. The second kappa shape index (κ2) is 3.74.